The Morgan fingerprint density at radius 3 is 2.76 bits per heavy atom. The molecule has 2 N–H and O–H groups in total. The first-order valence-corrected chi connectivity index (χ1v) is 7.63. The first kappa shape index (κ1) is 16.8. The van der Waals surface area contributed by atoms with Crippen LogP contribution in [0, 0.1) is 6.92 Å². The SMILES string of the molecule is COc1cccc2cc(C(=O)NCC(O)c3ccc(C)o3)c(=O)oc12. The van der Waals surface area contributed by atoms with Crippen molar-refractivity contribution in [3.05, 3.63) is 63.9 Å². The Kier molecular flexibility index (Phi) is 4.58. The molecule has 0 aliphatic heterocycles. The van der Waals surface area contributed by atoms with Crippen molar-refractivity contribution in [3.63, 3.8) is 0 Å². The number of nitrogens with one attached hydrogen (secondary N) is 1. The van der Waals surface area contributed by atoms with Crippen LogP contribution in [0.2, 0.25) is 0 Å². The number of rotatable bonds is 5. The second-order valence-corrected chi connectivity index (χ2v) is 5.50. The number of amides is 1. The Balaban J connectivity index is 1.80. The molecule has 0 saturated heterocycles. The molecule has 130 valence electrons. The third kappa shape index (κ3) is 3.41. The molecule has 7 nitrogen and oxygen atoms in total. The number of benzene rings is 1. The molecule has 3 aromatic rings. The van der Waals surface area contributed by atoms with E-state index in [0.29, 0.717) is 22.7 Å². The molecule has 3 rings (SSSR count). The topological polar surface area (TPSA) is 102 Å². The van der Waals surface area contributed by atoms with E-state index in [4.69, 9.17) is 13.6 Å². The van der Waals surface area contributed by atoms with Gasteiger partial charge in [-0.15, -0.1) is 0 Å². The maximum atomic E-state index is 12.3. The zero-order valence-corrected chi connectivity index (χ0v) is 13.7. The van der Waals surface area contributed by atoms with Crippen molar-refractivity contribution in [2.75, 3.05) is 13.7 Å². The summed E-state index contributed by atoms with van der Waals surface area (Å²) in [7, 11) is 1.47. The lowest BCUT2D eigenvalue weighted by Gasteiger charge is -2.10. The van der Waals surface area contributed by atoms with Crippen LogP contribution in [0.5, 0.6) is 5.75 Å². The number of aliphatic hydroxyl groups is 1. The lowest BCUT2D eigenvalue weighted by Crippen LogP contribution is -2.31. The highest BCUT2D eigenvalue weighted by molar-refractivity contribution is 5.97. The highest BCUT2D eigenvalue weighted by atomic mass is 16.5. The van der Waals surface area contributed by atoms with Crippen LogP contribution in [0.4, 0.5) is 0 Å². The number of fused-ring (bicyclic) bond motifs is 1. The summed E-state index contributed by atoms with van der Waals surface area (Å²) in [5.41, 5.74) is -0.654. The maximum absolute atomic E-state index is 12.3. The van der Waals surface area contributed by atoms with Crippen LogP contribution >= 0.6 is 0 Å². The fraction of sp³-hybridized carbons (Fsp3) is 0.222. The van der Waals surface area contributed by atoms with Gasteiger partial charge in [-0.1, -0.05) is 12.1 Å². The predicted molar refractivity (Wildman–Crippen MR) is 89.8 cm³/mol. The number of hydrogen-bond donors (Lipinski definition) is 2. The van der Waals surface area contributed by atoms with Gasteiger partial charge < -0.3 is 24.0 Å². The number of furan rings is 1. The van der Waals surface area contributed by atoms with E-state index in [2.05, 4.69) is 5.32 Å². The van der Waals surface area contributed by atoms with Crippen molar-refractivity contribution in [2.24, 2.45) is 0 Å². The van der Waals surface area contributed by atoms with Crippen LogP contribution in [-0.2, 0) is 0 Å². The Morgan fingerprint density at radius 2 is 2.08 bits per heavy atom. The van der Waals surface area contributed by atoms with E-state index in [9.17, 15) is 14.7 Å². The zero-order valence-electron chi connectivity index (χ0n) is 13.7. The molecular formula is C18H17NO6. The maximum Gasteiger partial charge on any atom is 0.349 e. The number of aryl methyl sites for hydroxylation is 1. The Bertz CT molecular complexity index is 971. The molecule has 0 saturated carbocycles. The summed E-state index contributed by atoms with van der Waals surface area (Å²) in [4.78, 5) is 24.4. The fourth-order valence-corrected chi connectivity index (χ4v) is 2.45. The normalized spacial score (nSPS) is 12.1. The molecule has 0 radical (unpaired) electrons. The largest absolute Gasteiger partial charge is 0.493 e. The summed E-state index contributed by atoms with van der Waals surface area (Å²) in [5.74, 6) is 0.767. The summed E-state index contributed by atoms with van der Waals surface area (Å²) in [5, 5.41) is 13.1. The fourth-order valence-electron chi connectivity index (χ4n) is 2.45. The molecule has 2 heterocycles. The minimum Gasteiger partial charge on any atom is -0.493 e. The first-order valence-electron chi connectivity index (χ1n) is 7.63. The van der Waals surface area contributed by atoms with Gasteiger partial charge in [-0.25, -0.2) is 4.79 Å². The molecule has 0 aliphatic rings. The number of methoxy groups -OCH3 is 1. The van der Waals surface area contributed by atoms with Gasteiger partial charge in [0, 0.05) is 5.39 Å². The molecule has 0 fully saturated rings. The van der Waals surface area contributed by atoms with E-state index in [1.807, 2.05) is 0 Å². The van der Waals surface area contributed by atoms with E-state index >= 15 is 0 Å². The van der Waals surface area contributed by atoms with Crippen LogP contribution < -0.4 is 15.7 Å². The van der Waals surface area contributed by atoms with Gasteiger partial charge in [0.05, 0.1) is 13.7 Å². The molecule has 25 heavy (non-hydrogen) atoms. The van der Waals surface area contributed by atoms with Crippen molar-refractivity contribution in [3.8, 4) is 5.75 Å². The summed E-state index contributed by atoms with van der Waals surface area (Å²) in [6.07, 6.45) is -1.01. The number of aliphatic hydroxyl groups excluding tert-OH is 1. The molecule has 1 atom stereocenters. The summed E-state index contributed by atoms with van der Waals surface area (Å²) in [6, 6.07) is 9.87. The monoisotopic (exact) mass is 343 g/mol. The molecule has 1 aromatic carbocycles. The summed E-state index contributed by atoms with van der Waals surface area (Å²) in [6.45, 7) is 1.66. The number of ether oxygens (including phenoxy) is 1. The van der Waals surface area contributed by atoms with Crippen molar-refractivity contribution < 1.29 is 23.5 Å². The van der Waals surface area contributed by atoms with Crippen LogP contribution in [0.3, 0.4) is 0 Å². The van der Waals surface area contributed by atoms with Gasteiger partial charge in [-0.3, -0.25) is 4.79 Å². The summed E-state index contributed by atoms with van der Waals surface area (Å²) < 4.78 is 15.6. The average molecular weight is 343 g/mol. The van der Waals surface area contributed by atoms with E-state index in [1.54, 1.807) is 37.3 Å². The lowest BCUT2D eigenvalue weighted by molar-refractivity contribution is 0.0897. The Labute approximate surface area is 142 Å². The molecule has 0 aliphatic carbocycles. The molecule has 0 spiro atoms. The first-order chi connectivity index (χ1) is 12.0. The number of carbonyl (C=O) groups is 1. The number of carbonyl (C=O) groups excluding carboxylic acids is 1. The Hall–Kier alpha value is -3.06. The van der Waals surface area contributed by atoms with E-state index < -0.39 is 17.6 Å². The molecule has 0 bridgehead atoms. The van der Waals surface area contributed by atoms with E-state index in [-0.39, 0.29) is 17.7 Å². The quantitative estimate of drug-likeness (QED) is 0.688. The number of para-hydroxylation sites is 1. The molecule has 2 aromatic heterocycles. The molecular weight excluding hydrogens is 326 g/mol. The smallest absolute Gasteiger partial charge is 0.349 e. The second kappa shape index (κ2) is 6.82. The van der Waals surface area contributed by atoms with Crippen molar-refractivity contribution >= 4 is 16.9 Å². The van der Waals surface area contributed by atoms with E-state index in [0.717, 1.165) is 0 Å². The predicted octanol–water partition coefficient (Wildman–Crippen LogP) is 2.17. The molecule has 7 heteroatoms. The molecule has 1 unspecified atom stereocenters. The third-order valence-electron chi connectivity index (χ3n) is 3.73. The lowest BCUT2D eigenvalue weighted by atomic mass is 10.1. The van der Waals surface area contributed by atoms with Gasteiger partial charge in [0.2, 0.25) is 0 Å². The third-order valence-corrected chi connectivity index (χ3v) is 3.73. The number of hydrogen-bond acceptors (Lipinski definition) is 6. The standard InChI is InChI=1S/C18H17NO6/c1-10-6-7-14(24-10)13(20)9-19-17(21)12-8-11-4-3-5-15(23-2)16(11)25-18(12)22/h3-8,13,20H,9H2,1-2H3,(H,19,21). The van der Waals surface area contributed by atoms with Gasteiger partial charge in [0.15, 0.2) is 11.3 Å². The van der Waals surface area contributed by atoms with Crippen LogP contribution in [0.25, 0.3) is 11.0 Å². The highest BCUT2D eigenvalue weighted by Gasteiger charge is 2.18. The molecule has 1 amide bonds. The van der Waals surface area contributed by atoms with Crippen LogP contribution in [0.1, 0.15) is 28.0 Å². The average Bonchev–Trinajstić information content (AvgIpc) is 3.04. The van der Waals surface area contributed by atoms with Crippen LogP contribution in [-0.4, -0.2) is 24.7 Å². The minimum atomic E-state index is -1.01. The van der Waals surface area contributed by atoms with E-state index in [1.165, 1.54) is 13.2 Å². The van der Waals surface area contributed by atoms with Gasteiger partial charge in [-0.05, 0) is 31.2 Å². The van der Waals surface area contributed by atoms with Gasteiger partial charge in [0.1, 0.15) is 23.2 Å². The van der Waals surface area contributed by atoms with Gasteiger partial charge >= 0.3 is 5.63 Å². The summed E-state index contributed by atoms with van der Waals surface area (Å²) >= 11 is 0. The van der Waals surface area contributed by atoms with Crippen LogP contribution in [0.15, 0.2) is 50.0 Å². The minimum absolute atomic E-state index is 0.0959. The second-order valence-electron chi connectivity index (χ2n) is 5.50. The van der Waals surface area contributed by atoms with Crippen molar-refractivity contribution in [1.82, 2.24) is 5.32 Å². The Morgan fingerprint density at radius 1 is 1.28 bits per heavy atom. The van der Waals surface area contributed by atoms with Crippen molar-refractivity contribution in [1.29, 1.82) is 0 Å². The van der Waals surface area contributed by atoms with Gasteiger partial charge in [0.25, 0.3) is 5.91 Å². The highest BCUT2D eigenvalue weighted by Crippen LogP contribution is 2.24. The van der Waals surface area contributed by atoms with Crippen molar-refractivity contribution in [2.45, 2.75) is 13.0 Å². The zero-order chi connectivity index (χ0) is 18.0. The van der Waals surface area contributed by atoms with Gasteiger partial charge in [-0.2, -0.15) is 0 Å².